The second-order valence-corrected chi connectivity index (χ2v) is 5.01. The molecule has 1 aromatic heterocycles. The van der Waals surface area contributed by atoms with Gasteiger partial charge in [-0.2, -0.15) is 0 Å². The van der Waals surface area contributed by atoms with Gasteiger partial charge in [-0.1, -0.05) is 19.8 Å². The number of nitrogens with zero attached hydrogens (tertiary/aromatic N) is 2. The number of hydrogen-bond acceptors (Lipinski definition) is 4. The fraction of sp³-hybridized carbons (Fsp3) is 0.750. The van der Waals surface area contributed by atoms with Crippen LogP contribution in [-0.2, 0) is 6.42 Å². The third-order valence-electron chi connectivity index (χ3n) is 3.69. The van der Waals surface area contributed by atoms with E-state index in [1.807, 2.05) is 6.92 Å². The second kappa shape index (κ2) is 5.48. The molecule has 100 valence electrons. The Bertz CT molecular complexity index is 410. The van der Waals surface area contributed by atoms with Crippen molar-refractivity contribution in [3.63, 3.8) is 0 Å². The number of nitrogens with one attached hydrogen (secondary N) is 2. The maximum atomic E-state index is 11.9. The van der Waals surface area contributed by atoms with Gasteiger partial charge in [0.2, 0.25) is 5.82 Å². The van der Waals surface area contributed by atoms with Crippen LogP contribution in [0.5, 0.6) is 0 Å². The van der Waals surface area contributed by atoms with Crippen molar-refractivity contribution in [3.8, 4) is 0 Å². The summed E-state index contributed by atoms with van der Waals surface area (Å²) in [6.45, 7) is 2.57. The van der Waals surface area contributed by atoms with Crippen molar-refractivity contribution >= 4 is 5.91 Å². The molecule has 1 heterocycles. The number of aromatic nitrogens is 3. The molecule has 0 aromatic carbocycles. The highest BCUT2D eigenvalue weighted by Crippen LogP contribution is 2.36. The number of aryl methyl sites for hydroxylation is 1. The van der Waals surface area contributed by atoms with Crippen LogP contribution in [0.2, 0.25) is 0 Å². The molecule has 1 fully saturated rings. The van der Waals surface area contributed by atoms with Crippen LogP contribution in [0.15, 0.2) is 0 Å². The van der Waals surface area contributed by atoms with E-state index in [0.717, 1.165) is 32.1 Å². The lowest BCUT2D eigenvalue weighted by Gasteiger charge is -2.26. The van der Waals surface area contributed by atoms with Crippen LogP contribution in [0.3, 0.4) is 0 Å². The summed E-state index contributed by atoms with van der Waals surface area (Å²) in [7, 11) is 0. The van der Waals surface area contributed by atoms with Crippen LogP contribution < -0.4 is 5.32 Å². The predicted octanol–water partition coefficient (Wildman–Crippen LogP) is 0.650. The largest absolute Gasteiger partial charge is 0.396 e. The molecule has 1 saturated carbocycles. The van der Waals surface area contributed by atoms with Gasteiger partial charge in [0.15, 0.2) is 0 Å². The van der Waals surface area contributed by atoms with E-state index < -0.39 is 0 Å². The molecule has 0 bridgehead atoms. The fourth-order valence-corrected chi connectivity index (χ4v) is 2.42. The Morgan fingerprint density at radius 2 is 2.22 bits per heavy atom. The summed E-state index contributed by atoms with van der Waals surface area (Å²) < 4.78 is 0. The lowest BCUT2D eigenvalue weighted by Crippen LogP contribution is -2.38. The maximum Gasteiger partial charge on any atom is 0.290 e. The van der Waals surface area contributed by atoms with Crippen LogP contribution in [0.4, 0.5) is 0 Å². The molecular weight excluding hydrogens is 232 g/mol. The van der Waals surface area contributed by atoms with E-state index in [4.69, 9.17) is 0 Å². The molecule has 0 unspecified atom stereocenters. The fourth-order valence-electron chi connectivity index (χ4n) is 2.42. The average molecular weight is 252 g/mol. The minimum absolute atomic E-state index is 0.126. The highest BCUT2D eigenvalue weighted by molar-refractivity contribution is 5.90. The van der Waals surface area contributed by atoms with Crippen LogP contribution in [0.1, 0.15) is 49.1 Å². The molecule has 6 heteroatoms. The van der Waals surface area contributed by atoms with Gasteiger partial charge in [-0.3, -0.25) is 9.89 Å². The van der Waals surface area contributed by atoms with Gasteiger partial charge in [0.25, 0.3) is 5.91 Å². The zero-order chi connectivity index (χ0) is 13.0. The highest BCUT2D eigenvalue weighted by atomic mass is 16.3. The van der Waals surface area contributed by atoms with Gasteiger partial charge in [0.05, 0.1) is 6.61 Å². The van der Waals surface area contributed by atoms with Crippen molar-refractivity contribution in [2.75, 3.05) is 13.2 Å². The Kier molecular flexibility index (Phi) is 3.96. The van der Waals surface area contributed by atoms with Crippen molar-refractivity contribution in [2.24, 2.45) is 5.41 Å². The third-order valence-corrected chi connectivity index (χ3v) is 3.69. The first-order chi connectivity index (χ1) is 8.69. The van der Waals surface area contributed by atoms with Crippen molar-refractivity contribution in [3.05, 3.63) is 11.6 Å². The van der Waals surface area contributed by atoms with E-state index in [-0.39, 0.29) is 23.8 Å². The molecule has 0 saturated heterocycles. The molecule has 1 aromatic rings. The normalized spacial score (nSPS) is 17.9. The minimum atomic E-state index is -0.273. The lowest BCUT2D eigenvalue weighted by atomic mass is 9.87. The van der Waals surface area contributed by atoms with Gasteiger partial charge in [0.1, 0.15) is 5.82 Å². The van der Waals surface area contributed by atoms with Gasteiger partial charge in [0, 0.05) is 18.4 Å². The molecule has 1 amide bonds. The van der Waals surface area contributed by atoms with E-state index in [9.17, 15) is 9.90 Å². The van der Waals surface area contributed by atoms with Crippen LogP contribution in [-0.4, -0.2) is 39.3 Å². The number of aliphatic hydroxyl groups is 1. The number of aliphatic hydroxyl groups excluding tert-OH is 1. The third kappa shape index (κ3) is 2.69. The number of aromatic amines is 1. The summed E-state index contributed by atoms with van der Waals surface area (Å²) in [6, 6.07) is 0. The topological polar surface area (TPSA) is 90.9 Å². The zero-order valence-electron chi connectivity index (χ0n) is 10.7. The second-order valence-electron chi connectivity index (χ2n) is 5.01. The molecule has 1 aliphatic rings. The standard InChI is InChI=1S/C12H20N4O2/c1-2-9-14-10(16-15-9)11(18)13-7-12(8-17)5-3-4-6-12/h17H,2-8H2,1H3,(H,13,18)(H,14,15,16). The molecule has 0 aliphatic heterocycles. The molecule has 1 aliphatic carbocycles. The number of amides is 1. The first-order valence-electron chi connectivity index (χ1n) is 6.49. The first kappa shape index (κ1) is 13.0. The molecule has 0 atom stereocenters. The van der Waals surface area contributed by atoms with Crippen molar-refractivity contribution in [1.82, 2.24) is 20.5 Å². The van der Waals surface area contributed by atoms with E-state index in [1.165, 1.54) is 0 Å². The Morgan fingerprint density at radius 3 is 2.78 bits per heavy atom. The Balaban J connectivity index is 1.91. The number of carbonyl (C=O) groups excluding carboxylic acids is 1. The van der Waals surface area contributed by atoms with E-state index >= 15 is 0 Å². The predicted molar refractivity (Wildman–Crippen MR) is 66.1 cm³/mol. The SMILES string of the molecule is CCc1nc(C(=O)NCC2(CO)CCCC2)n[nH]1. The first-order valence-corrected chi connectivity index (χ1v) is 6.49. The summed E-state index contributed by atoms with van der Waals surface area (Å²) >= 11 is 0. The molecule has 3 N–H and O–H groups in total. The van der Waals surface area contributed by atoms with E-state index in [0.29, 0.717) is 12.4 Å². The van der Waals surface area contributed by atoms with Gasteiger partial charge in [-0.25, -0.2) is 4.98 Å². The molecule has 2 rings (SSSR count). The maximum absolute atomic E-state index is 11.9. The zero-order valence-corrected chi connectivity index (χ0v) is 10.7. The summed E-state index contributed by atoms with van der Waals surface area (Å²) in [6.07, 6.45) is 4.91. The monoisotopic (exact) mass is 252 g/mol. The van der Waals surface area contributed by atoms with Gasteiger partial charge >= 0.3 is 0 Å². The molecule has 6 nitrogen and oxygen atoms in total. The van der Waals surface area contributed by atoms with Crippen LogP contribution in [0, 0.1) is 5.41 Å². The van der Waals surface area contributed by atoms with Gasteiger partial charge < -0.3 is 10.4 Å². The highest BCUT2D eigenvalue weighted by Gasteiger charge is 2.33. The smallest absolute Gasteiger partial charge is 0.290 e. The Labute approximate surface area is 106 Å². The molecule has 0 spiro atoms. The lowest BCUT2D eigenvalue weighted by molar-refractivity contribution is 0.0871. The number of H-pyrrole nitrogens is 1. The molecular formula is C12H20N4O2. The summed E-state index contributed by atoms with van der Waals surface area (Å²) in [5, 5.41) is 18.9. The van der Waals surface area contributed by atoms with Crippen molar-refractivity contribution < 1.29 is 9.90 Å². The molecule has 18 heavy (non-hydrogen) atoms. The van der Waals surface area contributed by atoms with E-state index in [2.05, 4.69) is 20.5 Å². The van der Waals surface area contributed by atoms with E-state index in [1.54, 1.807) is 0 Å². The Hall–Kier alpha value is -1.43. The quantitative estimate of drug-likeness (QED) is 0.717. The van der Waals surface area contributed by atoms with Crippen molar-refractivity contribution in [1.29, 1.82) is 0 Å². The summed E-state index contributed by atoms with van der Waals surface area (Å²) in [4.78, 5) is 15.9. The van der Waals surface area contributed by atoms with Crippen LogP contribution in [0.25, 0.3) is 0 Å². The van der Waals surface area contributed by atoms with Gasteiger partial charge in [-0.15, -0.1) is 5.10 Å². The summed E-state index contributed by atoms with van der Waals surface area (Å²) in [5.74, 6) is 0.612. The number of carbonyl (C=O) groups is 1. The molecule has 0 radical (unpaired) electrons. The minimum Gasteiger partial charge on any atom is -0.396 e. The number of rotatable bonds is 5. The summed E-state index contributed by atoms with van der Waals surface area (Å²) in [5.41, 5.74) is -0.139. The van der Waals surface area contributed by atoms with Crippen molar-refractivity contribution in [2.45, 2.75) is 39.0 Å². The van der Waals surface area contributed by atoms with Gasteiger partial charge in [-0.05, 0) is 12.8 Å². The van der Waals surface area contributed by atoms with Crippen LogP contribution >= 0.6 is 0 Å². The average Bonchev–Trinajstić information content (AvgIpc) is 3.05. The number of hydrogen-bond donors (Lipinski definition) is 3. The Morgan fingerprint density at radius 1 is 1.50 bits per heavy atom.